The van der Waals surface area contributed by atoms with Crippen LogP contribution in [0.5, 0.6) is 0 Å². The molecule has 0 aliphatic rings. The van der Waals surface area contributed by atoms with Crippen LogP contribution in [0.25, 0.3) is 6.08 Å². The van der Waals surface area contributed by atoms with Gasteiger partial charge in [0.25, 0.3) is 0 Å². The van der Waals surface area contributed by atoms with Crippen LogP contribution in [0, 0.1) is 29.1 Å². The summed E-state index contributed by atoms with van der Waals surface area (Å²) in [7, 11) is -4.42. The van der Waals surface area contributed by atoms with E-state index in [1.807, 2.05) is 0 Å². The van der Waals surface area contributed by atoms with E-state index in [1.54, 1.807) is 0 Å². The monoisotopic (exact) mass is 422 g/mol. The average molecular weight is 422 g/mol. The fourth-order valence-corrected chi connectivity index (χ4v) is 3.26. The first-order chi connectivity index (χ1) is 12.9. The second kappa shape index (κ2) is 8.07. The first-order valence-corrected chi connectivity index (χ1v) is 9.08. The molecule has 1 unspecified atom stereocenters. The lowest BCUT2D eigenvalue weighted by Gasteiger charge is -2.07. The molecule has 0 spiro atoms. The maximum atomic E-state index is 13.6. The third-order valence-electron chi connectivity index (χ3n) is 3.60. The summed E-state index contributed by atoms with van der Waals surface area (Å²) in [6.45, 7) is 0. The van der Waals surface area contributed by atoms with Crippen LogP contribution in [0.4, 0.5) is 22.0 Å². The van der Waals surface area contributed by atoms with Crippen LogP contribution in [-0.4, -0.2) is 24.6 Å². The van der Waals surface area contributed by atoms with Gasteiger partial charge >= 0.3 is 5.97 Å². The minimum absolute atomic E-state index is 0.0221. The Morgan fingerprint density at radius 2 is 1.39 bits per heavy atom. The Hall–Kier alpha value is -2.79. The smallest absolute Gasteiger partial charge is 0.337 e. The van der Waals surface area contributed by atoms with E-state index in [2.05, 4.69) is 0 Å². The molecule has 0 bridgehead atoms. The molecule has 5 nitrogen and oxygen atoms in total. The van der Waals surface area contributed by atoms with Crippen molar-refractivity contribution in [2.75, 3.05) is 0 Å². The number of sulfone groups is 1. The lowest BCUT2D eigenvalue weighted by molar-refractivity contribution is -0.146. The van der Waals surface area contributed by atoms with Gasteiger partial charge in [-0.05, 0) is 17.2 Å². The number of aliphatic carboxylic acids is 1. The number of rotatable bonds is 6. The Morgan fingerprint density at radius 3 is 1.86 bits per heavy atom. The lowest BCUT2D eigenvalue weighted by Crippen LogP contribution is -2.11. The molecule has 0 amide bonds. The number of carboxylic acids is 1. The van der Waals surface area contributed by atoms with Crippen LogP contribution in [0.3, 0.4) is 0 Å². The summed E-state index contributed by atoms with van der Waals surface area (Å²) >= 11 is 0. The molecule has 0 aliphatic carbocycles. The maximum absolute atomic E-state index is 13.6. The van der Waals surface area contributed by atoms with Gasteiger partial charge in [-0.1, -0.05) is 24.3 Å². The Labute approximate surface area is 155 Å². The largest absolute Gasteiger partial charge is 0.479 e. The molecule has 1 atom stereocenters. The van der Waals surface area contributed by atoms with E-state index in [1.165, 1.54) is 24.3 Å². The number of hydrogen-bond acceptors (Lipinski definition) is 4. The molecule has 2 aromatic rings. The summed E-state index contributed by atoms with van der Waals surface area (Å²) in [6.07, 6.45) is -0.811. The lowest BCUT2D eigenvalue weighted by atomic mass is 10.1. The van der Waals surface area contributed by atoms with Crippen molar-refractivity contribution in [2.24, 2.45) is 0 Å². The summed E-state index contributed by atoms with van der Waals surface area (Å²) in [5.41, 5.74) is -1.25. The summed E-state index contributed by atoms with van der Waals surface area (Å²) in [4.78, 5) is 10.7. The van der Waals surface area contributed by atoms with Gasteiger partial charge in [-0.2, -0.15) is 0 Å². The number of carbonyl (C=O) groups is 1. The van der Waals surface area contributed by atoms with Crippen LogP contribution in [0.15, 0.2) is 29.7 Å². The van der Waals surface area contributed by atoms with Crippen LogP contribution >= 0.6 is 0 Å². The molecule has 2 aromatic carbocycles. The van der Waals surface area contributed by atoms with E-state index in [0.29, 0.717) is 5.41 Å². The fraction of sp³-hybridized carbons (Fsp3) is 0.118. The van der Waals surface area contributed by atoms with E-state index in [-0.39, 0.29) is 11.1 Å². The molecule has 0 aromatic heterocycles. The van der Waals surface area contributed by atoms with Gasteiger partial charge in [0.1, 0.15) is 0 Å². The average Bonchev–Trinajstić information content (AvgIpc) is 2.66. The van der Waals surface area contributed by atoms with Crippen molar-refractivity contribution >= 4 is 21.9 Å². The summed E-state index contributed by atoms with van der Waals surface area (Å²) in [6, 6.07) is 4.92. The predicted molar refractivity (Wildman–Crippen MR) is 86.9 cm³/mol. The number of halogens is 5. The van der Waals surface area contributed by atoms with Gasteiger partial charge in [0.15, 0.2) is 39.2 Å². The van der Waals surface area contributed by atoms with Crippen molar-refractivity contribution in [1.82, 2.24) is 0 Å². The highest BCUT2D eigenvalue weighted by atomic mass is 32.2. The standard InChI is InChI=1S/C17H11F5O5S/c18-11-10(12(19)14(21)15(22)13(11)20)7-28(26,27)6-5-8-1-3-9(4-2-8)16(23)17(24)25/h1-6,16,23H,7H2,(H,24,25). The molecule has 28 heavy (non-hydrogen) atoms. The molecular formula is C17H11F5O5S. The van der Waals surface area contributed by atoms with Crippen LogP contribution in [0.2, 0.25) is 0 Å². The van der Waals surface area contributed by atoms with Crippen molar-refractivity contribution in [3.8, 4) is 0 Å². The number of aliphatic hydroxyl groups excluding tert-OH is 1. The van der Waals surface area contributed by atoms with Gasteiger partial charge in [-0.15, -0.1) is 0 Å². The fourth-order valence-electron chi connectivity index (χ4n) is 2.14. The molecule has 0 saturated carbocycles. The molecule has 0 saturated heterocycles. The van der Waals surface area contributed by atoms with Crippen LogP contribution in [0.1, 0.15) is 22.8 Å². The molecule has 11 heteroatoms. The molecule has 2 rings (SSSR count). The van der Waals surface area contributed by atoms with E-state index in [4.69, 9.17) is 5.11 Å². The van der Waals surface area contributed by atoms with E-state index in [0.717, 1.165) is 6.08 Å². The highest BCUT2D eigenvalue weighted by molar-refractivity contribution is 7.93. The van der Waals surface area contributed by atoms with Crippen LogP contribution in [-0.2, 0) is 20.4 Å². The first kappa shape index (κ1) is 21.5. The van der Waals surface area contributed by atoms with E-state index >= 15 is 0 Å². The van der Waals surface area contributed by atoms with Crippen molar-refractivity contribution < 1.29 is 45.4 Å². The predicted octanol–water partition coefficient (Wildman–Crippen LogP) is 3.09. The first-order valence-electron chi connectivity index (χ1n) is 7.36. The molecule has 0 fully saturated rings. The summed E-state index contributed by atoms with van der Waals surface area (Å²) < 4.78 is 90.4. The van der Waals surface area contributed by atoms with E-state index in [9.17, 15) is 40.3 Å². The Bertz CT molecular complexity index is 1020. The van der Waals surface area contributed by atoms with E-state index < -0.39 is 62.3 Å². The summed E-state index contributed by atoms with van der Waals surface area (Å²) in [5.74, 6) is -14.3. The van der Waals surface area contributed by atoms with Crippen molar-refractivity contribution in [3.63, 3.8) is 0 Å². The van der Waals surface area contributed by atoms with Crippen molar-refractivity contribution in [3.05, 3.63) is 75.4 Å². The zero-order valence-electron chi connectivity index (χ0n) is 13.7. The topological polar surface area (TPSA) is 91.7 Å². The Morgan fingerprint density at radius 1 is 0.929 bits per heavy atom. The number of benzene rings is 2. The second-order valence-electron chi connectivity index (χ2n) is 5.57. The van der Waals surface area contributed by atoms with Gasteiger partial charge in [-0.25, -0.2) is 35.2 Å². The van der Waals surface area contributed by atoms with Gasteiger partial charge in [0.2, 0.25) is 5.82 Å². The van der Waals surface area contributed by atoms with Gasteiger partial charge < -0.3 is 10.2 Å². The zero-order chi connectivity index (χ0) is 21.2. The molecule has 0 radical (unpaired) electrons. The second-order valence-corrected chi connectivity index (χ2v) is 7.45. The zero-order valence-corrected chi connectivity index (χ0v) is 14.5. The van der Waals surface area contributed by atoms with Gasteiger partial charge in [0.05, 0.1) is 5.75 Å². The normalized spacial score (nSPS) is 13.1. The van der Waals surface area contributed by atoms with Crippen molar-refractivity contribution in [1.29, 1.82) is 0 Å². The SMILES string of the molecule is O=C(O)C(O)c1ccc(C=CS(=O)(=O)Cc2c(F)c(F)c(F)c(F)c2F)cc1. The molecule has 0 aliphatic heterocycles. The third-order valence-corrected chi connectivity index (χ3v) is 4.84. The van der Waals surface area contributed by atoms with Crippen LogP contribution < -0.4 is 0 Å². The minimum atomic E-state index is -4.42. The Balaban J connectivity index is 2.27. The van der Waals surface area contributed by atoms with Crippen molar-refractivity contribution in [2.45, 2.75) is 11.9 Å². The number of aliphatic hydroxyl groups is 1. The molecule has 0 heterocycles. The summed E-state index contributed by atoms with van der Waals surface area (Å²) in [5, 5.41) is 18.5. The highest BCUT2D eigenvalue weighted by Crippen LogP contribution is 2.25. The highest BCUT2D eigenvalue weighted by Gasteiger charge is 2.28. The number of carboxylic acid groups (broad SMARTS) is 1. The molecule has 2 N–H and O–H groups in total. The molecule has 150 valence electrons. The quantitative estimate of drug-likeness (QED) is 0.424. The third kappa shape index (κ3) is 4.54. The molecular weight excluding hydrogens is 411 g/mol. The number of hydrogen-bond donors (Lipinski definition) is 2. The van der Waals surface area contributed by atoms with Gasteiger partial charge in [0, 0.05) is 11.0 Å². The van der Waals surface area contributed by atoms with Gasteiger partial charge in [-0.3, -0.25) is 0 Å². The minimum Gasteiger partial charge on any atom is -0.479 e. The Kier molecular flexibility index (Phi) is 6.20. The maximum Gasteiger partial charge on any atom is 0.337 e.